The van der Waals surface area contributed by atoms with Crippen molar-refractivity contribution in [1.29, 1.82) is 0 Å². The Kier molecular flexibility index (Phi) is 6.04. The first kappa shape index (κ1) is 19.2. The van der Waals surface area contributed by atoms with E-state index in [0.29, 0.717) is 11.3 Å². The second-order valence-electron chi connectivity index (χ2n) is 5.00. The Bertz CT molecular complexity index is 872. The number of benzene rings is 2. The van der Waals surface area contributed by atoms with E-state index in [1.807, 2.05) is 0 Å². The third kappa shape index (κ3) is 4.30. The summed E-state index contributed by atoms with van der Waals surface area (Å²) in [5.74, 6) is -0.212. The molecule has 1 atom stereocenters. The van der Waals surface area contributed by atoms with E-state index in [2.05, 4.69) is 20.7 Å². The summed E-state index contributed by atoms with van der Waals surface area (Å²) < 4.78 is 38.4. The van der Waals surface area contributed by atoms with Crippen LogP contribution in [0.3, 0.4) is 0 Å². The number of carbonyl (C=O) groups is 1. The Morgan fingerprint density at radius 3 is 2.20 bits per heavy atom. The smallest absolute Gasteiger partial charge is 0.242 e. The van der Waals surface area contributed by atoms with Gasteiger partial charge in [-0.15, -0.1) is 0 Å². The molecule has 0 aliphatic rings. The van der Waals surface area contributed by atoms with Gasteiger partial charge in [0, 0.05) is 10.5 Å². The molecule has 0 radical (unpaired) electrons. The summed E-state index contributed by atoms with van der Waals surface area (Å²) in [5, 5.41) is 0. The van der Waals surface area contributed by atoms with E-state index in [1.54, 1.807) is 30.3 Å². The first-order chi connectivity index (χ1) is 11.8. The van der Waals surface area contributed by atoms with Gasteiger partial charge in [-0.25, -0.2) is 8.42 Å². The summed E-state index contributed by atoms with van der Waals surface area (Å²) in [6.07, 6.45) is 0. The number of hydrogen-bond donors (Lipinski definition) is 2. The van der Waals surface area contributed by atoms with E-state index in [0.717, 1.165) is 0 Å². The second-order valence-corrected chi connectivity index (χ2v) is 7.54. The molecule has 0 heterocycles. The fourth-order valence-corrected chi connectivity index (χ4v) is 4.42. The van der Waals surface area contributed by atoms with Crippen molar-refractivity contribution in [2.75, 3.05) is 14.2 Å². The Morgan fingerprint density at radius 1 is 1.12 bits per heavy atom. The van der Waals surface area contributed by atoms with Crippen molar-refractivity contribution >= 4 is 31.9 Å². The molecule has 0 spiro atoms. The van der Waals surface area contributed by atoms with Crippen molar-refractivity contribution in [2.45, 2.75) is 10.9 Å². The highest BCUT2D eigenvalue weighted by Crippen LogP contribution is 2.35. The SMILES string of the molecule is COc1cc(Br)c(S(=O)(=O)NC(C(N)=O)c2ccccc2)cc1OC. The van der Waals surface area contributed by atoms with E-state index in [9.17, 15) is 13.2 Å². The topological polar surface area (TPSA) is 108 Å². The minimum absolute atomic E-state index is 0.104. The molecule has 9 heteroatoms. The number of hydrogen-bond acceptors (Lipinski definition) is 5. The van der Waals surface area contributed by atoms with Crippen LogP contribution in [0.4, 0.5) is 0 Å². The van der Waals surface area contributed by atoms with E-state index >= 15 is 0 Å². The minimum atomic E-state index is -4.07. The maximum Gasteiger partial charge on any atom is 0.242 e. The summed E-state index contributed by atoms with van der Waals surface area (Å²) in [6.45, 7) is 0. The Balaban J connectivity index is 2.46. The van der Waals surface area contributed by atoms with Gasteiger partial charge >= 0.3 is 0 Å². The van der Waals surface area contributed by atoms with Gasteiger partial charge in [-0.05, 0) is 27.6 Å². The zero-order valence-electron chi connectivity index (χ0n) is 13.5. The Morgan fingerprint density at radius 2 is 1.68 bits per heavy atom. The molecule has 2 aromatic rings. The van der Waals surface area contributed by atoms with E-state index in [-0.39, 0.29) is 15.1 Å². The van der Waals surface area contributed by atoms with Crippen LogP contribution in [-0.4, -0.2) is 28.5 Å². The van der Waals surface area contributed by atoms with Gasteiger partial charge in [-0.3, -0.25) is 4.79 Å². The van der Waals surface area contributed by atoms with Crippen LogP contribution in [0.25, 0.3) is 0 Å². The predicted octanol–water partition coefficient (Wildman–Crippen LogP) is 1.97. The number of rotatable bonds is 7. The normalized spacial score (nSPS) is 12.4. The van der Waals surface area contributed by atoms with Gasteiger partial charge in [0.2, 0.25) is 15.9 Å². The number of methoxy groups -OCH3 is 2. The molecule has 2 rings (SSSR count). The van der Waals surface area contributed by atoms with Crippen molar-refractivity contribution < 1.29 is 22.7 Å². The number of sulfonamides is 1. The van der Waals surface area contributed by atoms with Crippen LogP contribution in [0.1, 0.15) is 11.6 Å². The van der Waals surface area contributed by atoms with Gasteiger partial charge in [0.1, 0.15) is 10.9 Å². The molecule has 2 aromatic carbocycles. The number of halogens is 1. The third-order valence-electron chi connectivity index (χ3n) is 3.42. The number of primary amides is 1. The van der Waals surface area contributed by atoms with Crippen molar-refractivity contribution in [1.82, 2.24) is 4.72 Å². The first-order valence-electron chi connectivity index (χ1n) is 7.08. The fourth-order valence-electron chi connectivity index (χ4n) is 2.20. The standard InChI is InChI=1S/C16H17BrN2O5S/c1-23-12-8-11(17)14(9-13(12)24-2)25(21,22)19-15(16(18)20)10-6-4-3-5-7-10/h3-9,15,19H,1-2H3,(H2,18,20). The maximum atomic E-state index is 12.8. The largest absolute Gasteiger partial charge is 0.493 e. The van der Waals surface area contributed by atoms with Crippen LogP contribution in [0, 0.1) is 0 Å². The van der Waals surface area contributed by atoms with Crippen LogP contribution >= 0.6 is 15.9 Å². The fraction of sp³-hybridized carbons (Fsp3) is 0.188. The monoisotopic (exact) mass is 428 g/mol. The first-order valence-corrected chi connectivity index (χ1v) is 9.36. The van der Waals surface area contributed by atoms with Crippen molar-refractivity contribution in [3.63, 3.8) is 0 Å². The van der Waals surface area contributed by atoms with Crippen molar-refractivity contribution in [3.05, 3.63) is 52.5 Å². The van der Waals surface area contributed by atoms with Crippen LogP contribution in [0.2, 0.25) is 0 Å². The van der Waals surface area contributed by atoms with Gasteiger partial charge in [0.05, 0.1) is 14.2 Å². The molecule has 0 aliphatic carbocycles. The molecule has 25 heavy (non-hydrogen) atoms. The molecule has 0 saturated heterocycles. The molecule has 0 fully saturated rings. The van der Waals surface area contributed by atoms with Crippen LogP contribution in [-0.2, 0) is 14.8 Å². The van der Waals surface area contributed by atoms with Gasteiger partial charge < -0.3 is 15.2 Å². The van der Waals surface area contributed by atoms with Crippen molar-refractivity contribution in [2.24, 2.45) is 5.73 Å². The molecule has 3 N–H and O–H groups in total. The Labute approximate surface area is 154 Å². The molecular formula is C16H17BrN2O5S. The van der Waals surface area contributed by atoms with E-state index in [1.165, 1.54) is 26.4 Å². The predicted molar refractivity (Wildman–Crippen MR) is 95.9 cm³/mol. The van der Waals surface area contributed by atoms with Crippen LogP contribution in [0.5, 0.6) is 11.5 Å². The van der Waals surface area contributed by atoms with Gasteiger partial charge in [-0.1, -0.05) is 30.3 Å². The molecule has 7 nitrogen and oxygen atoms in total. The molecule has 0 saturated carbocycles. The highest BCUT2D eigenvalue weighted by atomic mass is 79.9. The van der Waals surface area contributed by atoms with E-state index < -0.39 is 22.0 Å². The zero-order chi connectivity index (χ0) is 18.6. The highest BCUT2D eigenvalue weighted by molar-refractivity contribution is 9.10. The molecule has 1 unspecified atom stereocenters. The lowest BCUT2D eigenvalue weighted by atomic mass is 10.1. The van der Waals surface area contributed by atoms with E-state index in [4.69, 9.17) is 15.2 Å². The second kappa shape index (κ2) is 7.85. The van der Waals surface area contributed by atoms with Crippen LogP contribution in [0.15, 0.2) is 51.8 Å². The molecule has 0 bridgehead atoms. The summed E-state index contributed by atoms with van der Waals surface area (Å²) in [6, 6.07) is 9.91. The van der Waals surface area contributed by atoms with Gasteiger partial charge in [0.15, 0.2) is 11.5 Å². The summed E-state index contributed by atoms with van der Waals surface area (Å²) in [4.78, 5) is 11.7. The number of ether oxygens (including phenoxy) is 2. The zero-order valence-corrected chi connectivity index (χ0v) is 15.9. The summed E-state index contributed by atoms with van der Waals surface area (Å²) >= 11 is 3.20. The number of nitrogens with two attached hydrogens (primary N) is 1. The number of nitrogens with one attached hydrogen (secondary N) is 1. The number of carbonyl (C=O) groups excluding carboxylic acids is 1. The Hall–Kier alpha value is -2.10. The number of amides is 1. The van der Waals surface area contributed by atoms with Crippen LogP contribution < -0.4 is 19.9 Å². The molecule has 0 aliphatic heterocycles. The lowest BCUT2D eigenvalue weighted by molar-refractivity contribution is -0.119. The third-order valence-corrected chi connectivity index (χ3v) is 5.80. The lowest BCUT2D eigenvalue weighted by Gasteiger charge is -2.18. The highest BCUT2D eigenvalue weighted by Gasteiger charge is 2.28. The van der Waals surface area contributed by atoms with Gasteiger partial charge in [-0.2, -0.15) is 4.72 Å². The quantitative estimate of drug-likeness (QED) is 0.700. The summed E-state index contributed by atoms with van der Waals surface area (Å²) in [7, 11) is -1.24. The average Bonchev–Trinajstić information content (AvgIpc) is 2.59. The molecule has 1 amide bonds. The maximum absolute atomic E-state index is 12.8. The lowest BCUT2D eigenvalue weighted by Crippen LogP contribution is -2.37. The van der Waals surface area contributed by atoms with Gasteiger partial charge in [0.25, 0.3) is 0 Å². The van der Waals surface area contributed by atoms with Crippen molar-refractivity contribution in [3.8, 4) is 11.5 Å². The minimum Gasteiger partial charge on any atom is -0.493 e. The molecule has 0 aromatic heterocycles. The molecular weight excluding hydrogens is 412 g/mol. The molecule has 134 valence electrons. The average molecular weight is 429 g/mol. The summed E-state index contributed by atoms with van der Waals surface area (Å²) in [5.41, 5.74) is 5.81.